The summed E-state index contributed by atoms with van der Waals surface area (Å²) in [6, 6.07) is 4.33. The number of oxime groups is 1. The van der Waals surface area contributed by atoms with E-state index in [1.54, 1.807) is 0 Å². The zero-order chi connectivity index (χ0) is 13.0. The third-order valence-corrected chi connectivity index (χ3v) is 2.75. The molecule has 0 saturated heterocycles. The second kappa shape index (κ2) is 6.45. The molecule has 0 aromatic heterocycles. The summed E-state index contributed by atoms with van der Waals surface area (Å²) in [7, 11) is 0. The Labute approximate surface area is 118 Å². The smallest absolute Gasteiger partial charge is 0.313 e. The molecule has 0 heterocycles. The van der Waals surface area contributed by atoms with Gasteiger partial charge in [0.2, 0.25) is 0 Å². The molecule has 17 heavy (non-hydrogen) atoms. The Bertz CT molecular complexity index is 439. The van der Waals surface area contributed by atoms with Crippen molar-refractivity contribution in [2.45, 2.75) is 11.8 Å². The Kier molecular flexibility index (Phi) is 5.53. The zero-order valence-electron chi connectivity index (χ0n) is 8.58. The molecule has 0 aliphatic rings. The van der Waals surface area contributed by atoms with Crippen LogP contribution in [-0.2, 0) is 4.84 Å². The van der Waals surface area contributed by atoms with E-state index in [0.29, 0.717) is 10.0 Å². The Morgan fingerprint density at radius 1 is 1.24 bits per heavy atom. The predicted octanol–water partition coefficient (Wildman–Crippen LogP) is 4.33. The van der Waals surface area contributed by atoms with Gasteiger partial charge in [-0.15, -0.1) is 0 Å². The fraction of sp³-hybridized carbons (Fsp3) is 0.200. The van der Waals surface area contributed by atoms with E-state index in [0.717, 1.165) is 0 Å². The van der Waals surface area contributed by atoms with Crippen molar-refractivity contribution >= 4 is 58.1 Å². The molecule has 92 valence electrons. The van der Waals surface area contributed by atoms with Crippen LogP contribution in [0.4, 0.5) is 0 Å². The Morgan fingerprint density at radius 2 is 1.76 bits per heavy atom. The third kappa shape index (κ3) is 4.72. The lowest BCUT2D eigenvalue weighted by atomic mass is 10.2. The van der Waals surface area contributed by atoms with Crippen LogP contribution in [0.2, 0.25) is 10.0 Å². The second-order valence-electron chi connectivity index (χ2n) is 3.07. The molecular formula is C10H7Cl4NO2. The molecule has 0 bridgehead atoms. The van der Waals surface area contributed by atoms with E-state index in [9.17, 15) is 4.79 Å². The Hall–Kier alpha value is -0.480. The fourth-order valence-electron chi connectivity index (χ4n) is 0.878. The quantitative estimate of drug-likeness (QED) is 0.360. The second-order valence-corrected chi connectivity index (χ2v) is 5.04. The van der Waals surface area contributed by atoms with Crippen LogP contribution < -0.4 is 0 Å². The highest BCUT2D eigenvalue weighted by molar-refractivity contribution is 6.54. The summed E-state index contributed by atoms with van der Waals surface area (Å²) < 4.78 is 0. The van der Waals surface area contributed by atoms with E-state index in [1.165, 1.54) is 25.1 Å². The highest BCUT2D eigenvalue weighted by Gasteiger charge is 2.11. The van der Waals surface area contributed by atoms with E-state index in [4.69, 9.17) is 46.4 Å². The molecule has 1 aromatic carbocycles. The van der Waals surface area contributed by atoms with Crippen molar-refractivity contribution < 1.29 is 9.63 Å². The van der Waals surface area contributed by atoms with Crippen molar-refractivity contribution in [2.24, 2.45) is 5.16 Å². The van der Waals surface area contributed by atoms with Gasteiger partial charge in [-0.1, -0.05) is 51.6 Å². The normalized spacial score (nSPS) is 11.8. The van der Waals surface area contributed by atoms with Crippen LogP contribution in [-0.4, -0.2) is 16.5 Å². The molecule has 0 atom stereocenters. The maximum absolute atomic E-state index is 11.5. The number of hydrogen-bond donors (Lipinski definition) is 0. The summed E-state index contributed by atoms with van der Waals surface area (Å²) in [5.41, 5.74) is 0.467. The van der Waals surface area contributed by atoms with Gasteiger partial charge in [0.05, 0.1) is 11.3 Å². The number of carbonyl (C=O) groups excluding carboxylic acids is 1. The van der Waals surface area contributed by atoms with Crippen molar-refractivity contribution in [3.8, 4) is 0 Å². The molecule has 3 nitrogen and oxygen atoms in total. The number of carbonyl (C=O) groups is 1. The first-order valence-electron chi connectivity index (χ1n) is 4.40. The number of nitrogens with zero attached hydrogens (tertiary/aromatic N) is 1. The topological polar surface area (TPSA) is 38.7 Å². The summed E-state index contributed by atoms with van der Waals surface area (Å²) in [4.78, 5) is 15.3. The van der Waals surface area contributed by atoms with Gasteiger partial charge < -0.3 is 4.84 Å². The zero-order valence-corrected chi connectivity index (χ0v) is 11.6. The van der Waals surface area contributed by atoms with Crippen LogP contribution in [0.5, 0.6) is 0 Å². The van der Waals surface area contributed by atoms with Gasteiger partial charge in [0.1, 0.15) is 4.84 Å². The maximum atomic E-state index is 11.5. The lowest BCUT2D eigenvalue weighted by Gasteiger charge is -2.02. The molecule has 1 aromatic rings. The molecule has 0 amide bonds. The van der Waals surface area contributed by atoms with Gasteiger partial charge in [0, 0.05) is 10.0 Å². The molecule has 0 unspecified atom stereocenters. The van der Waals surface area contributed by atoms with E-state index in [-0.39, 0.29) is 11.3 Å². The largest absolute Gasteiger partial charge is 0.365 e. The average molecular weight is 315 g/mol. The van der Waals surface area contributed by atoms with Crippen LogP contribution in [0.3, 0.4) is 0 Å². The van der Waals surface area contributed by atoms with Crippen molar-refractivity contribution in [1.82, 2.24) is 0 Å². The molecule has 0 fully saturated rings. The maximum Gasteiger partial charge on any atom is 0.365 e. The average Bonchev–Trinajstić information content (AvgIpc) is 2.23. The van der Waals surface area contributed by atoms with Crippen LogP contribution in [0.25, 0.3) is 0 Å². The lowest BCUT2D eigenvalue weighted by molar-refractivity contribution is 0.0515. The van der Waals surface area contributed by atoms with Crippen LogP contribution >= 0.6 is 46.4 Å². The highest BCUT2D eigenvalue weighted by atomic mass is 35.5. The molecule has 7 heteroatoms. The van der Waals surface area contributed by atoms with E-state index in [1.807, 2.05) is 0 Å². The van der Waals surface area contributed by atoms with Crippen LogP contribution in [0, 0.1) is 0 Å². The SMILES string of the molecule is CC(=NOC(=O)c1cc(Cl)cc(Cl)c1)C(Cl)Cl. The summed E-state index contributed by atoms with van der Waals surface area (Å²) in [6.07, 6.45) is 0. The first-order chi connectivity index (χ1) is 7.90. The Balaban J connectivity index is 2.80. The van der Waals surface area contributed by atoms with E-state index in [2.05, 4.69) is 9.99 Å². The summed E-state index contributed by atoms with van der Waals surface area (Å²) in [5.74, 6) is -0.692. The van der Waals surface area contributed by atoms with Crippen molar-refractivity contribution in [3.63, 3.8) is 0 Å². The van der Waals surface area contributed by atoms with Gasteiger partial charge in [-0.25, -0.2) is 4.79 Å². The van der Waals surface area contributed by atoms with E-state index >= 15 is 0 Å². The number of alkyl halides is 2. The van der Waals surface area contributed by atoms with Gasteiger partial charge in [0.25, 0.3) is 0 Å². The molecule has 0 N–H and O–H groups in total. The summed E-state index contributed by atoms with van der Waals surface area (Å²) >= 11 is 22.5. The number of hydrogen-bond acceptors (Lipinski definition) is 3. The molecule has 0 spiro atoms. The van der Waals surface area contributed by atoms with Gasteiger partial charge in [-0.3, -0.25) is 0 Å². The molecule has 0 aliphatic carbocycles. The van der Waals surface area contributed by atoms with Gasteiger partial charge >= 0.3 is 5.97 Å². The summed E-state index contributed by atoms with van der Waals surface area (Å²) in [6.45, 7) is 1.53. The molecule has 0 saturated carbocycles. The van der Waals surface area contributed by atoms with Crippen molar-refractivity contribution in [1.29, 1.82) is 0 Å². The van der Waals surface area contributed by atoms with Gasteiger partial charge in [0.15, 0.2) is 0 Å². The molecule has 1 rings (SSSR count). The summed E-state index contributed by atoms with van der Waals surface area (Å²) in [5, 5.41) is 4.14. The van der Waals surface area contributed by atoms with Crippen LogP contribution in [0.1, 0.15) is 17.3 Å². The highest BCUT2D eigenvalue weighted by Crippen LogP contribution is 2.19. The molecule has 0 aliphatic heterocycles. The number of halogens is 4. The van der Waals surface area contributed by atoms with E-state index < -0.39 is 10.8 Å². The van der Waals surface area contributed by atoms with Crippen molar-refractivity contribution in [2.75, 3.05) is 0 Å². The molecule has 0 radical (unpaired) electrons. The monoisotopic (exact) mass is 313 g/mol. The lowest BCUT2D eigenvalue weighted by Crippen LogP contribution is -2.07. The van der Waals surface area contributed by atoms with Gasteiger partial charge in [-0.05, 0) is 25.1 Å². The Morgan fingerprint density at radius 3 is 2.24 bits per heavy atom. The standard InChI is InChI=1S/C10H7Cl4NO2/c1-5(9(13)14)15-17-10(16)6-2-7(11)4-8(12)3-6/h2-4,9H,1H3. The number of rotatable bonds is 3. The van der Waals surface area contributed by atoms with Gasteiger partial charge in [-0.2, -0.15) is 0 Å². The first kappa shape index (κ1) is 14.6. The minimum Gasteiger partial charge on any atom is -0.313 e. The van der Waals surface area contributed by atoms with Crippen molar-refractivity contribution in [3.05, 3.63) is 33.8 Å². The minimum atomic E-state index is -0.828. The number of benzene rings is 1. The molecular weight excluding hydrogens is 308 g/mol. The first-order valence-corrected chi connectivity index (χ1v) is 6.03. The fourth-order valence-corrected chi connectivity index (χ4v) is 1.48. The third-order valence-electron chi connectivity index (χ3n) is 1.69. The van der Waals surface area contributed by atoms with Crippen LogP contribution in [0.15, 0.2) is 23.4 Å². The minimum absolute atomic E-state index is 0.194. The predicted molar refractivity (Wildman–Crippen MR) is 70.5 cm³/mol.